The van der Waals surface area contributed by atoms with E-state index in [1.54, 1.807) is 18.5 Å². The highest BCUT2D eigenvalue weighted by atomic mass is 19.4. The van der Waals surface area contributed by atoms with Gasteiger partial charge in [-0.25, -0.2) is 9.97 Å². The first kappa shape index (κ1) is 18.4. The van der Waals surface area contributed by atoms with Crippen LogP contribution in [-0.4, -0.2) is 25.4 Å². The molecule has 4 rings (SSSR count). The Balaban J connectivity index is 1.68. The zero-order valence-electron chi connectivity index (χ0n) is 15.3. The second-order valence-corrected chi connectivity index (χ2v) is 7.06. The number of nitrogens with zero attached hydrogens (tertiary/aromatic N) is 4. The molecule has 9 heteroatoms. The van der Waals surface area contributed by atoms with Gasteiger partial charge in [-0.1, -0.05) is 0 Å². The maximum Gasteiger partial charge on any atom is 0.416 e. The van der Waals surface area contributed by atoms with E-state index < -0.39 is 17.8 Å². The molecule has 2 heterocycles. The molecule has 1 amide bonds. The standard InChI is InChI=1S/C19H18F3N5O/c1-10-8-24-14(9-23-10)18(28)26-16(11-3-4-11)17-25-13-7-12(19(20,21)22)5-6-15(13)27(17)2/h5-9,11,16H,3-4H2,1-2H3,(H,26,28)/t16-/m0/s1. The summed E-state index contributed by atoms with van der Waals surface area (Å²) in [7, 11) is 1.74. The highest BCUT2D eigenvalue weighted by Gasteiger charge is 2.37. The molecule has 0 saturated heterocycles. The van der Waals surface area contributed by atoms with E-state index in [0.29, 0.717) is 17.0 Å². The van der Waals surface area contributed by atoms with Gasteiger partial charge in [0.2, 0.25) is 0 Å². The molecule has 6 nitrogen and oxygen atoms in total. The average Bonchev–Trinajstić information content (AvgIpc) is 3.43. The van der Waals surface area contributed by atoms with Crippen LogP contribution < -0.4 is 5.32 Å². The Morgan fingerprint density at radius 3 is 2.61 bits per heavy atom. The van der Waals surface area contributed by atoms with E-state index in [1.807, 2.05) is 0 Å². The lowest BCUT2D eigenvalue weighted by Crippen LogP contribution is -2.32. The summed E-state index contributed by atoms with van der Waals surface area (Å²) in [4.78, 5) is 25.2. The second kappa shape index (κ2) is 6.57. The van der Waals surface area contributed by atoms with E-state index >= 15 is 0 Å². The molecule has 0 radical (unpaired) electrons. The topological polar surface area (TPSA) is 72.7 Å². The third-order valence-corrected chi connectivity index (χ3v) is 4.91. The van der Waals surface area contributed by atoms with Gasteiger partial charge in [0.25, 0.3) is 5.91 Å². The van der Waals surface area contributed by atoms with Crippen LogP contribution in [0, 0.1) is 12.8 Å². The lowest BCUT2D eigenvalue weighted by atomic mass is 10.1. The molecule has 1 aliphatic carbocycles. The van der Waals surface area contributed by atoms with Crippen LogP contribution in [0.1, 0.15) is 46.5 Å². The lowest BCUT2D eigenvalue weighted by molar-refractivity contribution is -0.137. The summed E-state index contributed by atoms with van der Waals surface area (Å²) in [5, 5.41) is 2.93. The Bertz CT molecular complexity index is 1040. The van der Waals surface area contributed by atoms with Gasteiger partial charge in [-0.05, 0) is 43.9 Å². The van der Waals surface area contributed by atoms with Gasteiger partial charge >= 0.3 is 6.18 Å². The zero-order valence-corrected chi connectivity index (χ0v) is 15.3. The molecule has 1 aromatic carbocycles. The molecular formula is C19H18F3N5O. The van der Waals surface area contributed by atoms with Crippen molar-refractivity contribution >= 4 is 16.9 Å². The number of alkyl halides is 3. The van der Waals surface area contributed by atoms with Crippen molar-refractivity contribution in [1.29, 1.82) is 0 Å². The summed E-state index contributed by atoms with van der Waals surface area (Å²) in [6.07, 6.45) is 0.317. The molecule has 3 aromatic rings. The molecule has 0 unspecified atom stereocenters. The quantitative estimate of drug-likeness (QED) is 0.740. The molecule has 1 N–H and O–H groups in total. The minimum atomic E-state index is -4.43. The monoisotopic (exact) mass is 389 g/mol. The number of fused-ring (bicyclic) bond motifs is 1. The summed E-state index contributed by atoms with van der Waals surface area (Å²) in [6, 6.07) is 3.09. The molecule has 1 atom stereocenters. The fourth-order valence-corrected chi connectivity index (χ4v) is 3.22. The maximum absolute atomic E-state index is 13.0. The lowest BCUT2D eigenvalue weighted by Gasteiger charge is -2.18. The van der Waals surface area contributed by atoms with E-state index in [1.165, 1.54) is 18.5 Å². The van der Waals surface area contributed by atoms with Crippen molar-refractivity contribution in [2.24, 2.45) is 13.0 Å². The Kier molecular flexibility index (Phi) is 4.32. The Morgan fingerprint density at radius 1 is 1.25 bits per heavy atom. The number of benzene rings is 1. The van der Waals surface area contributed by atoms with Gasteiger partial charge in [0, 0.05) is 13.2 Å². The van der Waals surface area contributed by atoms with Crippen molar-refractivity contribution < 1.29 is 18.0 Å². The highest BCUT2D eigenvalue weighted by Crippen LogP contribution is 2.41. The van der Waals surface area contributed by atoms with Crippen molar-refractivity contribution in [2.45, 2.75) is 32.0 Å². The van der Waals surface area contributed by atoms with Crippen LogP contribution in [0.4, 0.5) is 13.2 Å². The van der Waals surface area contributed by atoms with E-state index in [4.69, 9.17) is 0 Å². The fraction of sp³-hybridized carbons (Fsp3) is 0.368. The molecular weight excluding hydrogens is 371 g/mol. The summed E-state index contributed by atoms with van der Waals surface area (Å²) in [6.45, 7) is 1.77. The van der Waals surface area contributed by atoms with Gasteiger partial charge in [-0.3, -0.25) is 9.78 Å². The van der Waals surface area contributed by atoms with E-state index in [9.17, 15) is 18.0 Å². The molecule has 1 fully saturated rings. The van der Waals surface area contributed by atoms with Crippen molar-refractivity contribution in [1.82, 2.24) is 24.8 Å². The van der Waals surface area contributed by atoms with E-state index in [0.717, 1.165) is 25.0 Å². The number of aromatic nitrogens is 4. The molecule has 2 aromatic heterocycles. The number of hydrogen-bond donors (Lipinski definition) is 1. The maximum atomic E-state index is 13.0. The molecule has 0 spiro atoms. The Morgan fingerprint density at radius 2 is 2.00 bits per heavy atom. The first-order chi connectivity index (χ1) is 13.2. The minimum Gasteiger partial charge on any atom is -0.340 e. The molecule has 0 aliphatic heterocycles. The zero-order chi connectivity index (χ0) is 20.1. The van der Waals surface area contributed by atoms with E-state index in [2.05, 4.69) is 20.3 Å². The number of amides is 1. The van der Waals surface area contributed by atoms with Crippen LogP contribution in [0.15, 0.2) is 30.6 Å². The van der Waals surface area contributed by atoms with Gasteiger partial charge < -0.3 is 9.88 Å². The predicted molar refractivity (Wildman–Crippen MR) is 95.4 cm³/mol. The summed E-state index contributed by atoms with van der Waals surface area (Å²) in [5.74, 6) is 0.345. The molecule has 1 saturated carbocycles. The molecule has 1 aliphatic rings. The summed E-state index contributed by atoms with van der Waals surface area (Å²) in [5.41, 5.74) is 0.979. The fourth-order valence-electron chi connectivity index (χ4n) is 3.22. The van der Waals surface area contributed by atoms with Crippen molar-refractivity contribution in [3.05, 3.63) is 53.4 Å². The minimum absolute atomic E-state index is 0.189. The van der Waals surface area contributed by atoms with Gasteiger partial charge in [0.1, 0.15) is 11.5 Å². The number of carbonyl (C=O) groups is 1. The first-order valence-electron chi connectivity index (χ1n) is 8.87. The number of aryl methyl sites for hydroxylation is 2. The largest absolute Gasteiger partial charge is 0.416 e. The van der Waals surface area contributed by atoms with Gasteiger partial charge in [-0.15, -0.1) is 0 Å². The van der Waals surface area contributed by atoms with Gasteiger partial charge in [0.05, 0.1) is 34.5 Å². The molecule has 146 valence electrons. The third kappa shape index (κ3) is 3.44. The van der Waals surface area contributed by atoms with Crippen molar-refractivity contribution in [3.63, 3.8) is 0 Å². The van der Waals surface area contributed by atoms with Crippen molar-refractivity contribution in [3.8, 4) is 0 Å². The normalized spacial score (nSPS) is 15.6. The van der Waals surface area contributed by atoms with Crippen LogP contribution >= 0.6 is 0 Å². The third-order valence-electron chi connectivity index (χ3n) is 4.91. The van der Waals surface area contributed by atoms with Crippen molar-refractivity contribution in [2.75, 3.05) is 0 Å². The summed E-state index contributed by atoms with van der Waals surface area (Å²) >= 11 is 0. The molecule has 0 bridgehead atoms. The second-order valence-electron chi connectivity index (χ2n) is 7.06. The molecule has 28 heavy (non-hydrogen) atoms. The number of rotatable bonds is 4. The smallest absolute Gasteiger partial charge is 0.340 e. The number of nitrogens with one attached hydrogen (secondary N) is 1. The van der Waals surface area contributed by atoms with Crippen LogP contribution in [0.25, 0.3) is 11.0 Å². The number of hydrogen-bond acceptors (Lipinski definition) is 4. The van der Waals surface area contributed by atoms with Gasteiger partial charge in [-0.2, -0.15) is 13.2 Å². The van der Waals surface area contributed by atoms with Crippen LogP contribution in [0.3, 0.4) is 0 Å². The van der Waals surface area contributed by atoms with Crippen LogP contribution in [0.2, 0.25) is 0 Å². The SMILES string of the molecule is Cc1cnc(C(=O)N[C@H](c2nc3cc(C(F)(F)F)ccc3n2C)C2CC2)cn1. The number of halogens is 3. The average molecular weight is 389 g/mol. The van der Waals surface area contributed by atoms with Crippen LogP contribution in [0.5, 0.6) is 0 Å². The Hall–Kier alpha value is -2.97. The number of imidazole rings is 1. The van der Waals surface area contributed by atoms with Gasteiger partial charge in [0.15, 0.2) is 0 Å². The summed E-state index contributed by atoms with van der Waals surface area (Å²) < 4.78 is 40.7. The van der Waals surface area contributed by atoms with Crippen LogP contribution in [-0.2, 0) is 13.2 Å². The highest BCUT2D eigenvalue weighted by molar-refractivity contribution is 5.92. The Labute approximate surface area is 158 Å². The van der Waals surface area contributed by atoms with E-state index in [-0.39, 0.29) is 23.0 Å². The number of carbonyl (C=O) groups excluding carboxylic acids is 1. The predicted octanol–water partition coefficient (Wildman–Crippen LogP) is 3.57. The first-order valence-corrected chi connectivity index (χ1v) is 8.87.